The quantitative estimate of drug-likeness (QED) is 0.746. The number of rotatable bonds is 4. The van der Waals surface area contributed by atoms with E-state index < -0.39 is 0 Å². The monoisotopic (exact) mass is 212 g/mol. The van der Waals surface area contributed by atoms with E-state index in [1.54, 1.807) is 0 Å². The van der Waals surface area contributed by atoms with E-state index in [2.05, 4.69) is 10.6 Å². The van der Waals surface area contributed by atoms with Crippen LogP contribution in [0.3, 0.4) is 0 Å². The second-order valence-corrected chi connectivity index (χ2v) is 4.38. The van der Waals surface area contributed by atoms with Crippen molar-refractivity contribution in [2.24, 2.45) is 0 Å². The number of carbonyl (C=O) groups is 1. The van der Waals surface area contributed by atoms with Crippen LogP contribution in [0.4, 0.5) is 0 Å². The number of hydrogen-bond donors (Lipinski definition) is 2. The number of nitrogens with one attached hydrogen (secondary N) is 2. The molecule has 1 amide bonds. The molecular weight excluding hydrogens is 188 g/mol. The molecule has 0 bridgehead atoms. The summed E-state index contributed by atoms with van der Waals surface area (Å²) in [5.74, 6) is 0.125. The first kappa shape index (κ1) is 12.5. The molecular formula is C12H24N2O. The van der Waals surface area contributed by atoms with Crippen molar-refractivity contribution in [3.63, 3.8) is 0 Å². The lowest BCUT2D eigenvalue weighted by molar-refractivity contribution is -0.120. The topological polar surface area (TPSA) is 41.1 Å². The Balaban J connectivity index is 2.14. The number of hydrogen-bond acceptors (Lipinski definition) is 2. The maximum Gasteiger partial charge on any atom is 0.233 e. The molecule has 0 radical (unpaired) electrons. The van der Waals surface area contributed by atoms with Crippen molar-refractivity contribution in [2.45, 2.75) is 57.9 Å². The summed E-state index contributed by atoms with van der Waals surface area (Å²) in [6.07, 6.45) is 9.21. The summed E-state index contributed by atoms with van der Waals surface area (Å²) in [4.78, 5) is 11.3. The predicted molar refractivity (Wildman–Crippen MR) is 62.8 cm³/mol. The third-order valence-corrected chi connectivity index (χ3v) is 3.03. The highest BCUT2D eigenvalue weighted by Gasteiger charge is 2.11. The van der Waals surface area contributed by atoms with Gasteiger partial charge < -0.3 is 10.6 Å². The molecule has 1 saturated carbocycles. The highest BCUT2D eigenvalue weighted by Crippen LogP contribution is 2.16. The van der Waals surface area contributed by atoms with Crippen LogP contribution in [0.1, 0.15) is 51.9 Å². The van der Waals surface area contributed by atoms with Crippen molar-refractivity contribution in [2.75, 3.05) is 13.1 Å². The van der Waals surface area contributed by atoms with E-state index in [0.29, 0.717) is 12.6 Å². The Bertz CT molecular complexity index is 174. The van der Waals surface area contributed by atoms with Gasteiger partial charge in [-0.2, -0.15) is 0 Å². The van der Waals surface area contributed by atoms with E-state index in [4.69, 9.17) is 0 Å². The van der Waals surface area contributed by atoms with Gasteiger partial charge in [-0.1, -0.05) is 32.1 Å². The summed E-state index contributed by atoms with van der Waals surface area (Å²) in [6.45, 7) is 3.16. The molecule has 15 heavy (non-hydrogen) atoms. The molecule has 2 N–H and O–H groups in total. The Labute approximate surface area is 93.0 Å². The lowest BCUT2D eigenvalue weighted by Gasteiger charge is -2.20. The first-order valence-corrected chi connectivity index (χ1v) is 6.33. The Hall–Kier alpha value is -0.570. The van der Waals surface area contributed by atoms with Gasteiger partial charge >= 0.3 is 0 Å². The molecule has 1 aliphatic carbocycles. The minimum atomic E-state index is 0.125. The zero-order valence-corrected chi connectivity index (χ0v) is 9.85. The van der Waals surface area contributed by atoms with Crippen LogP contribution in [0.25, 0.3) is 0 Å². The summed E-state index contributed by atoms with van der Waals surface area (Å²) in [5.41, 5.74) is 0. The first-order valence-electron chi connectivity index (χ1n) is 6.33. The largest absolute Gasteiger partial charge is 0.355 e. The first-order chi connectivity index (χ1) is 7.33. The number of likely N-dealkylation sites (N-methyl/N-ethyl adjacent to an activating group) is 1. The molecule has 0 heterocycles. The standard InChI is InChI=1S/C12H24N2O/c1-2-13-12(15)10-14-11-8-6-4-3-5-7-9-11/h11,14H,2-10H2,1H3,(H,13,15). The molecule has 0 atom stereocenters. The van der Waals surface area contributed by atoms with Gasteiger partial charge in [-0.15, -0.1) is 0 Å². The van der Waals surface area contributed by atoms with Crippen LogP contribution in [-0.4, -0.2) is 25.0 Å². The molecule has 0 aromatic rings. The third-order valence-electron chi connectivity index (χ3n) is 3.03. The van der Waals surface area contributed by atoms with E-state index in [9.17, 15) is 4.79 Å². The van der Waals surface area contributed by atoms with Gasteiger partial charge in [0.25, 0.3) is 0 Å². The van der Waals surface area contributed by atoms with Gasteiger partial charge in [0.15, 0.2) is 0 Å². The van der Waals surface area contributed by atoms with Gasteiger partial charge in [0.05, 0.1) is 6.54 Å². The Morgan fingerprint density at radius 1 is 1.13 bits per heavy atom. The van der Waals surface area contributed by atoms with Crippen LogP contribution in [0, 0.1) is 0 Å². The van der Waals surface area contributed by atoms with Gasteiger partial charge in [-0.05, 0) is 19.8 Å². The van der Waals surface area contributed by atoms with Crippen LogP contribution in [0.2, 0.25) is 0 Å². The second-order valence-electron chi connectivity index (χ2n) is 4.38. The van der Waals surface area contributed by atoms with Gasteiger partial charge in [0, 0.05) is 12.6 Å². The van der Waals surface area contributed by atoms with Crippen LogP contribution < -0.4 is 10.6 Å². The minimum Gasteiger partial charge on any atom is -0.355 e. The predicted octanol–water partition coefficient (Wildman–Crippen LogP) is 1.82. The van der Waals surface area contributed by atoms with E-state index >= 15 is 0 Å². The molecule has 3 heteroatoms. The van der Waals surface area contributed by atoms with Crippen LogP contribution in [0.5, 0.6) is 0 Å². The molecule has 0 aromatic heterocycles. The molecule has 88 valence electrons. The molecule has 0 spiro atoms. The van der Waals surface area contributed by atoms with E-state index in [1.165, 1.54) is 44.9 Å². The van der Waals surface area contributed by atoms with Gasteiger partial charge in [0.2, 0.25) is 5.91 Å². The maximum atomic E-state index is 11.3. The van der Waals surface area contributed by atoms with Gasteiger partial charge in [-0.25, -0.2) is 0 Å². The molecule has 0 unspecified atom stereocenters. The van der Waals surface area contributed by atoms with Gasteiger partial charge in [0.1, 0.15) is 0 Å². The van der Waals surface area contributed by atoms with Crippen LogP contribution >= 0.6 is 0 Å². The van der Waals surface area contributed by atoms with Crippen LogP contribution in [0.15, 0.2) is 0 Å². The van der Waals surface area contributed by atoms with Crippen molar-refractivity contribution in [3.8, 4) is 0 Å². The molecule has 0 aromatic carbocycles. The zero-order chi connectivity index (χ0) is 10.9. The lowest BCUT2D eigenvalue weighted by atomic mass is 9.97. The number of amides is 1. The second kappa shape index (κ2) is 7.69. The summed E-state index contributed by atoms with van der Waals surface area (Å²) in [6, 6.07) is 0.563. The Morgan fingerprint density at radius 2 is 1.73 bits per heavy atom. The normalized spacial score (nSPS) is 19.3. The van der Waals surface area contributed by atoms with Gasteiger partial charge in [-0.3, -0.25) is 4.79 Å². The molecule has 1 fully saturated rings. The average molecular weight is 212 g/mol. The zero-order valence-electron chi connectivity index (χ0n) is 9.85. The molecule has 1 aliphatic rings. The minimum absolute atomic E-state index is 0.125. The molecule has 0 aliphatic heterocycles. The van der Waals surface area contributed by atoms with E-state index in [0.717, 1.165) is 6.54 Å². The fourth-order valence-electron chi connectivity index (χ4n) is 2.16. The van der Waals surface area contributed by atoms with Crippen molar-refractivity contribution in [3.05, 3.63) is 0 Å². The summed E-state index contributed by atoms with van der Waals surface area (Å²) in [5, 5.41) is 6.17. The number of carbonyl (C=O) groups excluding carboxylic acids is 1. The smallest absolute Gasteiger partial charge is 0.233 e. The van der Waals surface area contributed by atoms with Crippen molar-refractivity contribution < 1.29 is 4.79 Å². The SMILES string of the molecule is CCNC(=O)CNC1CCCCCCC1. The fourth-order valence-corrected chi connectivity index (χ4v) is 2.16. The third kappa shape index (κ3) is 5.78. The maximum absolute atomic E-state index is 11.3. The van der Waals surface area contributed by atoms with Crippen molar-refractivity contribution in [1.82, 2.24) is 10.6 Å². The highest BCUT2D eigenvalue weighted by molar-refractivity contribution is 5.77. The van der Waals surface area contributed by atoms with E-state index in [1.807, 2.05) is 6.92 Å². The summed E-state index contributed by atoms with van der Waals surface area (Å²) >= 11 is 0. The van der Waals surface area contributed by atoms with E-state index in [-0.39, 0.29) is 5.91 Å². The summed E-state index contributed by atoms with van der Waals surface area (Å²) in [7, 11) is 0. The van der Waals surface area contributed by atoms with Crippen molar-refractivity contribution >= 4 is 5.91 Å². The van der Waals surface area contributed by atoms with Crippen LogP contribution in [-0.2, 0) is 4.79 Å². The highest BCUT2D eigenvalue weighted by atomic mass is 16.1. The molecule has 3 nitrogen and oxygen atoms in total. The molecule has 0 saturated heterocycles. The Morgan fingerprint density at radius 3 is 2.33 bits per heavy atom. The lowest BCUT2D eigenvalue weighted by Crippen LogP contribution is -2.39. The average Bonchev–Trinajstić information content (AvgIpc) is 2.16. The fraction of sp³-hybridized carbons (Fsp3) is 0.917. The molecule has 1 rings (SSSR count). The van der Waals surface area contributed by atoms with Crippen molar-refractivity contribution in [1.29, 1.82) is 0 Å². The Kier molecular flexibility index (Phi) is 6.41. The summed E-state index contributed by atoms with van der Waals surface area (Å²) < 4.78 is 0.